The van der Waals surface area contributed by atoms with Gasteiger partial charge in [0.25, 0.3) is 5.91 Å². The Morgan fingerprint density at radius 1 is 0.889 bits per heavy atom. The zero-order valence-corrected chi connectivity index (χ0v) is 9.67. The molecule has 0 saturated heterocycles. The largest absolute Gasteiger partial charge is 0.467 e. The van der Waals surface area contributed by atoms with Gasteiger partial charge in [-0.25, -0.2) is 0 Å². The molecule has 0 fully saturated rings. The molecule has 3 rings (SSSR count). The average molecular weight is 237 g/mol. The first-order valence-electron chi connectivity index (χ1n) is 5.74. The van der Waals surface area contributed by atoms with E-state index in [1.807, 2.05) is 54.6 Å². The van der Waals surface area contributed by atoms with Crippen LogP contribution in [0.4, 0.5) is 0 Å². The quantitative estimate of drug-likeness (QED) is 0.805. The normalized spacial score (nSPS) is 14.2. The summed E-state index contributed by atoms with van der Waals surface area (Å²) in [6, 6.07) is 17.8. The molecule has 0 atom stereocenters. The molecule has 88 valence electrons. The van der Waals surface area contributed by atoms with Crippen LogP contribution < -0.4 is 0 Å². The molecule has 18 heavy (non-hydrogen) atoms. The Morgan fingerprint density at radius 3 is 2.22 bits per heavy atom. The molecule has 0 saturated carbocycles. The number of carbonyl (C=O) groups is 1. The van der Waals surface area contributed by atoms with Crippen molar-refractivity contribution >= 4 is 11.8 Å². The number of rotatable bonds is 2. The van der Waals surface area contributed by atoms with Gasteiger partial charge >= 0.3 is 0 Å². The van der Waals surface area contributed by atoms with Crippen molar-refractivity contribution in [2.24, 2.45) is 4.99 Å². The van der Waals surface area contributed by atoms with Crippen molar-refractivity contribution in [2.75, 3.05) is 6.61 Å². The van der Waals surface area contributed by atoms with Crippen LogP contribution in [0.1, 0.15) is 5.56 Å². The van der Waals surface area contributed by atoms with Gasteiger partial charge in [-0.2, -0.15) is 4.99 Å². The van der Waals surface area contributed by atoms with Gasteiger partial charge in [0, 0.05) is 5.56 Å². The SMILES string of the molecule is O=C1COC(c2ccccc2-c2ccccc2)=N1. The second-order valence-electron chi connectivity index (χ2n) is 4.01. The van der Waals surface area contributed by atoms with Crippen LogP contribution in [0, 0.1) is 0 Å². The van der Waals surface area contributed by atoms with Gasteiger partial charge in [0.2, 0.25) is 5.90 Å². The van der Waals surface area contributed by atoms with E-state index in [0.29, 0.717) is 5.90 Å². The van der Waals surface area contributed by atoms with Crippen molar-refractivity contribution in [2.45, 2.75) is 0 Å². The van der Waals surface area contributed by atoms with E-state index in [1.54, 1.807) is 0 Å². The van der Waals surface area contributed by atoms with Crippen LogP contribution >= 0.6 is 0 Å². The van der Waals surface area contributed by atoms with Gasteiger partial charge in [-0.1, -0.05) is 48.5 Å². The highest BCUT2D eigenvalue weighted by atomic mass is 16.5. The highest BCUT2D eigenvalue weighted by molar-refractivity contribution is 6.09. The van der Waals surface area contributed by atoms with Crippen molar-refractivity contribution in [1.82, 2.24) is 0 Å². The second-order valence-corrected chi connectivity index (χ2v) is 4.01. The van der Waals surface area contributed by atoms with E-state index in [4.69, 9.17) is 4.74 Å². The number of hydrogen-bond acceptors (Lipinski definition) is 2. The first-order chi connectivity index (χ1) is 8.84. The maximum absolute atomic E-state index is 11.2. The summed E-state index contributed by atoms with van der Waals surface area (Å²) in [4.78, 5) is 15.1. The third kappa shape index (κ3) is 1.91. The molecule has 2 aromatic carbocycles. The van der Waals surface area contributed by atoms with Crippen LogP contribution in [0.25, 0.3) is 11.1 Å². The van der Waals surface area contributed by atoms with Gasteiger partial charge in [-0.3, -0.25) is 4.79 Å². The maximum Gasteiger partial charge on any atom is 0.286 e. The lowest BCUT2D eigenvalue weighted by Crippen LogP contribution is -2.03. The Balaban J connectivity index is 2.12. The molecule has 0 aromatic heterocycles. The summed E-state index contributed by atoms with van der Waals surface area (Å²) in [5.41, 5.74) is 2.96. The Morgan fingerprint density at radius 2 is 1.56 bits per heavy atom. The van der Waals surface area contributed by atoms with Gasteiger partial charge in [0.1, 0.15) is 0 Å². The minimum absolute atomic E-state index is 0.0401. The van der Waals surface area contributed by atoms with E-state index in [-0.39, 0.29) is 12.5 Å². The molecule has 1 amide bonds. The molecule has 1 aliphatic heterocycles. The first-order valence-corrected chi connectivity index (χ1v) is 5.74. The molecule has 2 aromatic rings. The zero-order valence-electron chi connectivity index (χ0n) is 9.67. The van der Waals surface area contributed by atoms with Crippen molar-refractivity contribution in [3.8, 4) is 11.1 Å². The molecule has 0 aliphatic carbocycles. The molecule has 1 heterocycles. The molecule has 0 spiro atoms. The Bertz CT molecular complexity index is 617. The van der Waals surface area contributed by atoms with Crippen LogP contribution in [0.15, 0.2) is 59.6 Å². The summed E-state index contributed by atoms with van der Waals surface area (Å²) >= 11 is 0. The van der Waals surface area contributed by atoms with E-state index in [2.05, 4.69) is 4.99 Å². The van der Waals surface area contributed by atoms with Gasteiger partial charge < -0.3 is 4.74 Å². The monoisotopic (exact) mass is 237 g/mol. The van der Waals surface area contributed by atoms with Crippen LogP contribution in [0.2, 0.25) is 0 Å². The summed E-state index contributed by atoms with van der Waals surface area (Å²) in [6.07, 6.45) is 0. The van der Waals surface area contributed by atoms with E-state index in [1.165, 1.54) is 0 Å². The predicted molar refractivity (Wildman–Crippen MR) is 69.4 cm³/mol. The molecule has 0 radical (unpaired) electrons. The lowest BCUT2D eigenvalue weighted by atomic mass is 10.00. The summed E-state index contributed by atoms with van der Waals surface area (Å²) in [5, 5.41) is 0. The minimum Gasteiger partial charge on any atom is -0.467 e. The fraction of sp³-hybridized carbons (Fsp3) is 0.0667. The fourth-order valence-corrected chi connectivity index (χ4v) is 1.98. The van der Waals surface area contributed by atoms with E-state index in [9.17, 15) is 4.79 Å². The number of benzene rings is 2. The smallest absolute Gasteiger partial charge is 0.286 e. The molecule has 0 bridgehead atoms. The number of aliphatic imine (C=N–C) groups is 1. The average Bonchev–Trinajstić information content (AvgIpc) is 2.86. The van der Waals surface area contributed by atoms with Gasteiger partial charge in [-0.15, -0.1) is 0 Å². The van der Waals surface area contributed by atoms with Gasteiger partial charge in [0.15, 0.2) is 6.61 Å². The van der Waals surface area contributed by atoms with E-state index >= 15 is 0 Å². The van der Waals surface area contributed by atoms with Crippen LogP contribution in [0.3, 0.4) is 0 Å². The topological polar surface area (TPSA) is 38.7 Å². The van der Waals surface area contributed by atoms with Gasteiger partial charge in [-0.05, 0) is 17.2 Å². The summed E-state index contributed by atoms with van der Waals surface area (Å²) in [5.74, 6) is 0.187. The third-order valence-corrected chi connectivity index (χ3v) is 2.80. The molecule has 3 nitrogen and oxygen atoms in total. The van der Waals surface area contributed by atoms with Crippen LogP contribution in [-0.2, 0) is 9.53 Å². The molecule has 0 unspecified atom stereocenters. The standard InChI is InChI=1S/C15H11NO2/c17-14-10-18-15(16-14)13-9-5-4-8-12(13)11-6-2-1-3-7-11/h1-9H,10H2. The number of nitrogens with zero attached hydrogens (tertiary/aromatic N) is 1. The molecular weight excluding hydrogens is 226 g/mol. The second kappa shape index (κ2) is 4.45. The van der Waals surface area contributed by atoms with Crippen LogP contribution in [0.5, 0.6) is 0 Å². The van der Waals surface area contributed by atoms with E-state index in [0.717, 1.165) is 16.7 Å². The molecule has 1 aliphatic rings. The fourth-order valence-electron chi connectivity index (χ4n) is 1.98. The summed E-state index contributed by atoms with van der Waals surface area (Å²) < 4.78 is 5.31. The Kier molecular flexibility index (Phi) is 2.65. The summed E-state index contributed by atoms with van der Waals surface area (Å²) in [7, 11) is 0. The van der Waals surface area contributed by atoms with Crippen molar-refractivity contribution in [1.29, 1.82) is 0 Å². The number of hydrogen-bond donors (Lipinski definition) is 0. The summed E-state index contributed by atoms with van der Waals surface area (Å²) in [6.45, 7) is 0.0401. The lowest BCUT2D eigenvalue weighted by Gasteiger charge is -2.08. The first kappa shape index (κ1) is 10.7. The Labute approximate surface area is 105 Å². The molecule has 3 heteroatoms. The third-order valence-electron chi connectivity index (χ3n) is 2.80. The maximum atomic E-state index is 11.2. The molecule has 0 N–H and O–H groups in total. The van der Waals surface area contributed by atoms with Crippen molar-refractivity contribution in [3.63, 3.8) is 0 Å². The van der Waals surface area contributed by atoms with Crippen molar-refractivity contribution in [3.05, 3.63) is 60.2 Å². The van der Waals surface area contributed by atoms with Crippen LogP contribution in [-0.4, -0.2) is 18.4 Å². The highest BCUT2D eigenvalue weighted by Crippen LogP contribution is 2.25. The van der Waals surface area contributed by atoms with E-state index < -0.39 is 0 Å². The zero-order chi connectivity index (χ0) is 12.4. The predicted octanol–water partition coefficient (Wildman–Crippen LogP) is 2.66. The number of carbonyl (C=O) groups excluding carboxylic acids is 1. The number of amides is 1. The van der Waals surface area contributed by atoms with Crippen molar-refractivity contribution < 1.29 is 9.53 Å². The highest BCUT2D eigenvalue weighted by Gasteiger charge is 2.19. The molecular formula is C15H11NO2. The minimum atomic E-state index is -0.229. The number of ether oxygens (including phenoxy) is 1. The van der Waals surface area contributed by atoms with Gasteiger partial charge in [0.05, 0.1) is 0 Å². The lowest BCUT2D eigenvalue weighted by molar-refractivity contribution is -0.118. The Hall–Kier alpha value is -2.42.